The maximum Gasteiger partial charge on any atom is 0.107 e. The number of benzene rings is 2. The van der Waals surface area contributed by atoms with Gasteiger partial charge in [0.1, 0.15) is 6.10 Å². The minimum atomic E-state index is -0.309. The molecule has 3 heteroatoms. The van der Waals surface area contributed by atoms with Crippen molar-refractivity contribution in [2.24, 2.45) is 0 Å². The zero-order valence-corrected chi connectivity index (χ0v) is 13.7. The fraction of sp³-hybridized carbons (Fsp3) is 0.333. The van der Waals surface area contributed by atoms with Gasteiger partial charge in [-0.2, -0.15) is 0 Å². The van der Waals surface area contributed by atoms with Crippen molar-refractivity contribution in [3.05, 3.63) is 71.8 Å². The molecular formula is C18H22O2Si. The first-order valence-electron chi connectivity index (χ1n) is 7.76. The van der Waals surface area contributed by atoms with Crippen molar-refractivity contribution in [3.63, 3.8) is 0 Å². The SMILES string of the molecule is c1ccc(C(OC[SiH2]C2CCCO2)c2ccccc2)cc1. The topological polar surface area (TPSA) is 18.5 Å². The van der Waals surface area contributed by atoms with E-state index in [4.69, 9.17) is 9.47 Å². The van der Waals surface area contributed by atoms with Crippen LogP contribution in [0.15, 0.2) is 60.7 Å². The van der Waals surface area contributed by atoms with Crippen molar-refractivity contribution in [2.75, 3.05) is 12.8 Å². The summed E-state index contributed by atoms with van der Waals surface area (Å²) in [5.41, 5.74) is 2.98. The van der Waals surface area contributed by atoms with Gasteiger partial charge in [0.25, 0.3) is 0 Å². The normalized spacial score (nSPS) is 18.8. The van der Waals surface area contributed by atoms with Crippen LogP contribution in [0.1, 0.15) is 30.1 Å². The van der Waals surface area contributed by atoms with Gasteiger partial charge in [0.2, 0.25) is 0 Å². The van der Waals surface area contributed by atoms with Crippen LogP contribution in [-0.4, -0.2) is 28.1 Å². The van der Waals surface area contributed by atoms with E-state index in [9.17, 15) is 0 Å². The minimum Gasteiger partial charge on any atom is -0.382 e. The van der Waals surface area contributed by atoms with Crippen LogP contribution in [0.4, 0.5) is 0 Å². The van der Waals surface area contributed by atoms with E-state index >= 15 is 0 Å². The van der Waals surface area contributed by atoms with Crippen molar-refractivity contribution in [3.8, 4) is 0 Å². The van der Waals surface area contributed by atoms with Crippen LogP contribution < -0.4 is 0 Å². The van der Waals surface area contributed by atoms with Gasteiger partial charge in [-0.1, -0.05) is 60.7 Å². The fourth-order valence-electron chi connectivity index (χ4n) is 2.83. The van der Waals surface area contributed by atoms with Crippen LogP contribution in [0.5, 0.6) is 0 Å². The highest BCUT2D eigenvalue weighted by atomic mass is 28.2. The third kappa shape index (κ3) is 4.03. The maximum absolute atomic E-state index is 6.26. The van der Waals surface area contributed by atoms with Crippen LogP contribution in [0, 0.1) is 0 Å². The maximum atomic E-state index is 6.26. The second kappa shape index (κ2) is 7.55. The summed E-state index contributed by atoms with van der Waals surface area (Å²) in [6, 6.07) is 21.0. The van der Waals surface area contributed by atoms with Crippen LogP contribution in [0.3, 0.4) is 0 Å². The molecule has 0 N–H and O–H groups in total. The highest BCUT2D eigenvalue weighted by Crippen LogP contribution is 2.25. The van der Waals surface area contributed by atoms with E-state index < -0.39 is 0 Å². The molecule has 0 radical (unpaired) electrons. The van der Waals surface area contributed by atoms with Crippen LogP contribution in [0.25, 0.3) is 0 Å². The number of ether oxygens (including phenoxy) is 2. The lowest BCUT2D eigenvalue weighted by molar-refractivity contribution is 0.108. The smallest absolute Gasteiger partial charge is 0.107 e. The van der Waals surface area contributed by atoms with E-state index in [-0.39, 0.29) is 15.6 Å². The van der Waals surface area contributed by atoms with E-state index in [1.54, 1.807) is 0 Å². The van der Waals surface area contributed by atoms with Gasteiger partial charge in [0, 0.05) is 18.6 Å². The molecule has 0 spiro atoms. The molecular weight excluding hydrogens is 276 g/mol. The molecule has 1 aliphatic heterocycles. The predicted octanol–water partition coefficient (Wildman–Crippen LogP) is 3.06. The Labute approximate surface area is 128 Å². The molecule has 0 bridgehead atoms. The van der Waals surface area contributed by atoms with Gasteiger partial charge in [-0.3, -0.25) is 0 Å². The average molecular weight is 298 g/mol. The van der Waals surface area contributed by atoms with E-state index in [2.05, 4.69) is 48.5 Å². The Morgan fingerprint density at radius 2 is 1.62 bits per heavy atom. The second-order valence-electron chi connectivity index (χ2n) is 5.50. The molecule has 21 heavy (non-hydrogen) atoms. The first kappa shape index (κ1) is 14.5. The van der Waals surface area contributed by atoms with Gasteiger partial charge in [-0.15, -0.1) is 0 Å². The Hall–Kier alpha value is -1.42. The minimum absolute atomic E-state index is 0.0429. The summed E-state index contributed by atoms with van der Waals surface area (Å²) in [6.45, 7) is 0.943. The molecule has 1 atom stereocenters. The zero-order valence-electron chi connectivity index (χ0n) is 12.3. The van der Waals surface area contributed by atoms with Gasteiger partial charge < -0.3 is 9.47 Å². The van der Waals surface area contributed by atoms with Crippen molar-refractivity contribution in [1.82, 2.24) is 0 Å². The summed E-state index contributed by atoms with van der Waals surface area (Å²) >= 11 is 0. The van der Waals surface area contributed by atoms with Crippen molar-refractivity contribution >= 4 is 9.52 Å². The highest BCUT2D eigenvalue weighted by Gasteiger charge is 2.18. The quantitative estimate of drug-likeness (QED) is 0.763. The van der Waals surface area contributed by atoms with E-state index in [1.807, 2.05) is 12.1 Å². The molecule has 1 unspecified atom stereocenters. The number of hydrogen-bond donors (Lipinski definition) is 0. The molecule has 110 valence electrons. The third-order valence-electron chi connectivity index (χ3n) is 3.95. The van der Waals surface area contributed by atoms with Crippen LogP contribution >= 0.6 is 0 Å². The molecule has 2 aromatic rings. The van der Waals surface area contributed by atoms with Gasteiger partial charge in [0.05, 0.1) is 9.52 Å². The summed E-state index contributed by atoms with van der Waals surface area (Å²) in [6.07, 6.45) is 3.37. The first-order chi connectivity index (χ1) is 10.4. The van der Waals surface area contributed by atoms with Crippen LogP contribution in [0.2, 0.25) is 0 Å². The van der Waals surface area contributed by atoms with Gasteiger partial charge in [0.15, 0.2) is 0 Å². The molecule has 3 rings (SSSR count). The Morgan fingerprint density at radius 1 is 1.00 bits per heavy atom. The van der Waals surface area contributed by atoms with Crippen molar-refractivity contribution in [1.29, 1.82) is 0 Å². The lowest BCUT2D eigenvalue weighted by atomic mass is 10.0. The Bertz CT molecular complexity index is 484. The van der Waals surface area contributed by atoms with Gasteiger partial charge >= 0.3 is 0 Å². The standard InChI is InChI=1S/C18H22O2Si/c1-3-8-15(9-4-1)18(16-10-5-2-6-11-16)20-14-21-17-12-7-13-19-17/h1-6,8-11,17-18H,7,12-14,21H2. The highest BCUT2D eigenvalue weighted by molar-refractivity contribution is 6.37. The Morgan fingerprint density at radius 3 is 2.14 bits per heavy atom. The second-order valence-corrected chi connectivity index (χ2v) is 7.39. The molecule has 1 heterocycles. The molecule has 0 saturated carbocycles. The summed E-state index contributed by atoms with van der Waals surface area (Å²) in [4.78, 5) is 0. The molecule has 0 aromatic heterocycles. The number of hydrogen-bond acceptors (Lipinski definition) is 2. The van der Waals surface area contributed by atoms with E-state index in [0.717, 1.165) is 12.8 Å². The van der Waals surface area contributed by atoms with E-state index in [1.165, 1.54) is 24.0 Å². The lowest BCUT2D eigenvalue weighted by Gasteiger charge is -2.20. The molecule has 0 amide bonds. The first-order valence-corrected chi connectivity index (χ1v) is 9.58. The van der Waals surface area contributed by atoms with Gasteiger partial charge in [-0.25, -0.2) is 0 Å². The van der Waals surface area contributed by atoms with Crippen LogP contribution in [-0.2, 0) is 9.47 Å². The largest absolute Gasteiger partial charge is 0.382 e. The van der Waals surface area contributed by atoms with Crippen molar-refractivity contribution in [2.45, 2.75) is 24.7 Å². The van der Waals surface area contributed by atoms with Crippen molar-refractivity contribution < 1.29 is 9.47 Å². The monoisotopic (exact) mass is 298 g/mol. The fourth-order valence-corrected chi connectivity index (χ4v) is 4.38. The summed E-state index contributed by atoms with van der Waals surface area (Å²) in [5.74, 6) is 0. The molecule has 0 aliphatic carbocycles. The Balaban J connectivity index is 1.67. The molecule has 1 aliphatic rings. The summed E-state index contributed by atoms with van der Waals surface area (Å²) in [7, 11) is -0.309. The summed E-state index contributed by atoms with van der Waals surface area (Å²) in [5, 5.41) is 0. The predicted molar refractivity (Wildman–Crippen MR) is 88.2 cm³/mol. The Kier molecular flexibility index (Phi) is 5.22. The van der Waals surface area contributed by atoms with E-state index in [0.29, 0.717) is 5.73 Å². The number of rotatable bonds is 6. The summed E-state index contributed by atoms with van der Waals surface area (Å²) < 4.78 is 12.0. The molecule has 2 aromatic carbocycles. The molecule has 1 saturated heterocycles. The van der Waals surface area contributed by atoms with Gasteiger partial charge in [-0.05, 0) is 24.0 Å². The third-order valence-corrected chi connectivity index (χ3v) is 5.71. The molecule has 1 fully saturated rings. The molecule has 2 nitrogen and oxygen atoms in total. The average Bonchev–Trinajstić information content (AvgIpc) is 3.07. The zero-order chi connectivity index (χ0) is 14.3. The lowest BCUT2D eigenvalue weighted by Crippen LogP contribution is -2.22.